The average molecular weight is 548 g/mol. The van der Waals surface area contributed by atoms with Crippen molar-refractivity contribution < 1.29 is 27.6 Å². The molecule has 4 heterocycles. The van der Waals surface area contributed by atoms with E-state index in [1.54, 1.807) is 30.0 Å². The van der Waals surface area contributed by atoms with Crippen LogP contribution in [0.3, 0.4) is 0 Å². The minimum absolute atomic E-state index is 0.00824. The van der Waals surface area contributed by atoms with E-state index < -0.39 is 5.97 Å². The number of carbonyl (C=O) groups is 1. The third-order valence-corrected chi connectivity index (χ3v) is 8.31. The summed E-state index contributed by atoms with van der Waals surface area (Å²) in [7, 11) is 0. The molecule has 6 rings (SSSR count). The number of carbonyl (C=O) groups excluding carboxylic acids is 1. The summed E-state index contributed by atoms with van der Waals surface area (Å²) in [5, 5.41) is 7.90. The zero-order valence-electron chi connectivity index (χ0n) is 21.5. The zero-order valence-corrected chi connectivity index (χ0v) is 22.3. The number of hydrogen-bond donors (Lipinski definition) is 1. The lowest BCUT2D eigenvalue weighted by Crippen LogP contribution is -2.34. The predicted molar refractivity (Wildman–Crippen MR) is 144 cm³/mol. The molecule has 2 N–H and O–H groups in total. The van der Waals surface area contributed by atoms with E-state index in [1.165, 1.54) is 18.2 Å². The molecule has 8 nitrogen and oxygen atoms in total. The number of halogens is 1. The van der Waals surface area contributed by atoms with Gasteiger partial charge in [0.05, 0.1) is 6.04 Å². The zero-order chi connectivity index (χ0) is 27.3. The van der Waals surface area contributed by atoms with Crippen molar-refractivity contribution in [1.82, 2.24) is 5.01 Å². The number of ether oxygens (including phenoxy) is 1. The third-order valence-electron chi connectivity index (χ3n) is 7.08. The van der Waals surface area contributed by atoms with Crippen LogP contribution in [0.25, 0.3) is 0 Å². The fourth-order valence-electron chi connectivity index (χ4n) is 5.38. The van der Waals surface area contributed by atoms with Crippen LogP contribution in [0.5, 0.6) is 5.75 Å². The SMILES string of the molecule is Cc1cc(C2C(C)c3c(OCc4ccc(C(=O)ON)o4)cccc3C3SC(c4ccc(F)cc4)=NN32)c(C)o1. The average Bonchev–Trinajstić information content (AvgIpc) is 3.66. The van der Waals surface area contributed by atoms with Crippen molar-refractivity contribution in [3.8, 4) is 5.75 Å². The molecule has 39 heavy (non-hydrogen) atoms. The van der Waals surface area contributed by atoms with Crippen molar-refractivity contribution >= 4 is 22.8 Å². The van der Waals surface area contributed by atoms with Crippen molar-refractivity contribution in [2.45, 2.75) is 44.7 Å². The topological polar surface area (TPSA) is 103 Å². The quantitative estimate of drug-likeness (QED) is 0.273. The number of thioether (sulfide) groups is 1. The molecule has 0 aliphatic carbocycles. The molecule has 3 unspecified atom stereocenters. The Hall–Kier alpha value is -4.02. The lowest BCUT2D eigenvalue weighted by molar-refractivity contribution is 0.0463. The Balaban J connectivity index is 1.39. The predicted octanol–water partition coefficient (Wildman–Crippen LogP) is 6.51. The van der Waals surface area contributed by atoms with Gasteiger partial charge in [0.15, 0.2) is 0 Å². The van der Waals surface area contributed by atoms with Crippen molar-refractivity contribution in [1.29, 1.82) is 0 Å². The Morgan fingerprint density at radius 2 is 1.90 bits per heavy atom. The van der Waals surface area contributed by atoms with Crippen LogP contribution < -0.4 is 10.6 Å². The highest BCUT2D eigenvalue weighted by Gasteiger charge is 2.46. The van der Waals surface area contributed by atoms with Gasteiger partial charge in [-0.25, -0.2) is 9.18 Å². The second-order valence-corrected chi connectivity index (χ2v) is 10.7. The molecule has 0 radical (unpaired) electrons. The molecule has 2 aromatic heterocycles. The van der Waals surface area contributed by atoms with Crippen LogP contribution >= 0.6 is 11.8 Å². The van der Waals surface area contributed by atoms with Crippen molar-refractivity contribution in [2.24, 2.45) is 11.0 Å². The van der Waals surface area contributed by atoms with Crippen LogP contribution in [0, 0.1) is 19.7 Å². The number of nitrogens with two attached hydrogens (primary N) is 1. The van der Waals surface area contributed by atoms with Gasteiger partial charge in [0, 0.05) is 22.6 Å². The van der Waals surface area contributed by atoms with Crippen LogP contribution in [0.1, 0.15) is 74.3 Å². The molecule has 0 amide bonds. The van der Waals surface area contributed by atoms with Crippen LogP contribution in [-0.2, 0) is 11.4 Å². The number of furan rings is 2. The number of hydrazone groups is 1. The van der Waals surface area contributed by atoms with Gasteiger partial charge < -0.3 is 18.4 Å². The molecular weight excluding hydrogens is 521 g/mol. The second-order valence-electron chi connectivity index (χ2n) is 9.58. The van der Waals surface area contributed by atoms with Gasteiger partial charge in [-0.2, -0.15) is 11.0 Å². The first-order valence-corrected chi connectivity index (χ1v) is 13.3. The fourth-order valence-corrected chi connectivity index (χ4v) is 6.62. The normalized spacial score (nSPS) is 19.9. The van der Waals surface area contributed by atoms with Gasteiger partial charge in [-0.15, -0.1) is 0 Å². The second kappa shape index (κ2) is 9.94. The number of aryl methyl sites for hydroxylation is 2. The van der Waals surface area contributed by atoms with Gasteiger partial charge in [0.2, 0.25) is 5.76 Å². The highest BCUT2D eigenvalue weighted by atomic mass is 32.2. The van der Waals surface area contributed by atoms with E-state index in [-0.39, 0.29) is 35.5 Å². The molecule has 10 heteroatoms. The van der Waals surface area contributed by atoms with Crippen molar-refractivity contribution in [3.05, 3.63) is 112 Å². The maximum atomic E-state index is 13.6. The van der Waals surface area contributed by atoms with Gasteiger partial charge >= 0.3 is 5.97 Å². The number of rotatable bonds is 6. The standard InChI is InChI=1S/C29H26FN3O5S/c1-15-13-22(17(3)36-15)26-16(2)25-21(28-33(26)32-27(39-28)18-7-9-19(30)10-8-18)5-4-6-23(25)35-14-20-11-12-24(37-20)29(34)38-31/h4-13,16,26,28H,14,31H2,1-3H3. The highest BCUT2D eigenvalue weighted by molar-refractivity contribution is 8.14. The van der Waals surface area contributed by atoms with Crippen LogP contribution in [0.2, 0.25) is 0 Å². The molecule has 0 saturated carbocycles. The van der Waals surface area contributed by atoms with E-state index >= 15 is 0 Å². The molecule has 3 atom stereocenters. The molecular formula is C29H26FN3O5S. The van der Waals surface area contributed by atoms with Crippen molar-refractivity contribution in [2.75, 3.05) is 0 Å². The van der Waals surface area contributed by atoms with Gasteiger partial charge in [0.1, 0.15) is 45.9 Å². The number of nitrogens with zero attached hydrogens (tertiary/aromatic N) is 2. The minimum atomic E-state index is -0.754. The Morgan fingerprint density at radius 1 is 1.10 bits per heavy atom. The maximum Gasteiger partial charge on any atom is 0.392 e. The van der Waals surface area contributed by atoms with Gasteiger partial charge in [-0.3, -0.25) is 5.01 Å². The van der Waals surface area contributed by atoms with E-state index in [0.717, 1.165) is 44.6 Å². The number of hydrogen-bond acceptors (Lipinski definition) is 9. The van der Waals surface area contributed by atoms with Crippen molar-refractivity contribution in [3.63, 3.8) is 0 Å². The Labute approximate surface area is 228 Å². The summed E-state index contributed by atoms with van der Waals surface area (Å²) in [6, 6.07) is 17.5. The van der Waals surface area contributed by atoms with Gasteiger partial charge in [0.25, 0.3) is 0 Å². The summed E-state index contributed by atoms with van der Waals surface area (Å²) >= 11 is 1.63. The molecule has 2 aliphatic heterocycles. The summed E-state index contributed by atoms with van der Waals surface area (Å²) in [5.74, 6) is 6.78. The van der Waals surface area contributed by atoms with Crippen LogP contribution in [0.15, 0.2) is 74.6 Å². The van der Waals surface area contributed by atoms with Crippen LogP contribution in [0.4, 0.5) is 4.39 Å². The van der Waals surface area contributed by atoms with E-state index in [2.05, 4.69) is 28.9 Å². The Bertz CT molecular complexity index is 1580. The largest absolute Gasteiger partial charge is 0.485 e. The summed E-state index contributed by atoms with van der Waals surface area (Å²) in [6.07, 6.45) is 0. The third kappa shape index (κ3) is 4.49. The van der Waals surface area contributed by atoms with Gasteiger partial charge in [-0.05, 0) is 67.9 Å². The summed E-state index contributed by atoms with van der Waals surface area (Å²) in [4.78, 5) is 15.9. The van der Waals surface area contributed by atoms with E-state index in [0.29, 0.717) is 5.76 Å². The maximum absolute atomic E-state index is 13.6. The molecule has 0 fully saturated rings. The molecule has 0 saturated heterocycles. The lowest BCUT2D eigenvalue weighted by Gasteiger charge is -2.42. The lowest BCUT2D eigenvalue weighted by atomic mass is 9.81. The van der Waals surface area contributed by atoms with Gasteiger partial charge in [-0.1, -0.05) is 30.8 Å². The summed E-state index contributed by atoms with van der Waals surface area (Å²) in [5.41, 5.74) is 4.08. The first-order chi connectivity index (χ1) is 18.8. The smallest absolute Gasteiger partial charge is 0.392 e. The first kappa shape index (κ1) is 25.3. The van der Waals surface area contributed by atoms with E-state index in [4.69, 9.17) is 24.6 Å². The Morgan fingerprint density at radius 3 is 2.62 bits per heavy atom. The summed E-state index contributed by atoms with van der Waals surface area (Å²) < 4.78 is 31.4. The molecule has 0 spiro atoms. The molecule has 200 valence electrons. The minimum Gasteiger partial charge on any atom is -0.485 e. The summed E-state index contributed by atoms with van der Waals surface area (Å²) in [6.45, 7) is 6.19. The van der Waals surface area contributed by atoms with Crippen LogP contribution in [-0.4, -0.2) is 16.0 Å². The molecule has 2 aliphatic rings. The first-order valence-electron chi connectivity index (χ1n) is 12.5. The molecule has 2 aromatic carbocycles. The molecule has 0 bridgehead atoms. The van der Waals surface area contributed by atoms with E-state index in [9.17, 15) is 9.18 Å². The highest BCUT2D eigenvalue weighted by Crippen LogP contribution is 2.57. The number of fused-ring (bicyclic) bond motifs is 3. The fraction of sp³-hybridized carbons (Fsp3) is 0.241. The number of benzene rings is 2. The Kier molecular flexibility index (Phi) is 6.44. The van der Waals surface area contributed by atoms with E-state index in [1.807, 2.05) is 26.0 Å². The molecule has 4 aromatic rings. The monoisotopic (exact) mass is 547 g/mol.